The van der Waals surface area contributed by atoms with Crippen LogP contribution < -0.4 is 5.32 Å². The summed E-state index contributed by atoms with van der Waals surface area (Å²) in [4.78, 5) is 17.2. The molecule has 5 rings (SSSR count). The molecule has 0 aliphatic rings. The molecule has 158 valence electrons. The highest BCUT2D eigenvalue weighted by Crippen LogP contribution is 2.16. The van der Waals surface area contributed by atoms with Gasteiger partial charge in [-0.25, -0.2) is 9.37 Å². The number of benzene rings is 3. The highest BCUT2D eigenvalue weighted by molar-refractivity contribution is 6.04. The molecule has 0 atom stereocenters. The Bertz CT molecular complexity index is 1390. The first kappa shape index (κ1) is 19.7. The molecule has 5 aromatic rings. The van der Waals surface area contributed by atoms with E-state index in [2.05, 4.69) is 20.0 Å². The Morgan fingerprint density at radius 2 is 1.78 bits per heavy atom. The number of nitrogens with zero attached hydrogens (tertiary/aromatic N) is 4. The van der Waals surface area contributed by atoms with Gasteiger partial charge in [-0.15, -0.1) is 0 Å². The molecule has 6 nitrogen and oxygen atoms in total. The van der Waals surface area contributed by atoms with E-state index >= 15 is 0 Å². The van der Waals surface area contributed by atoms with Gasteiger partial charge in [-0.05, 0) is 47.5 Å². The van der Waals surface area contributed by atoms with Gasteiger partial charge in [0.25, 0.3) is 5.91 Å². The van der Waals surface area contributed by atoms with Gasteiger partial charge < -0.3 is 9.88 Å². The zero-order valence-corrected chi connectivity index (χ0v) is 17.1. The highest BCUT2D eigenvalue weighted by atomic mass is 19.1. The average molecular weight is 425 g/mol. The minimum Gasteiger partial charge on any atom is -0.326 e. The Morgan fingerprint density at radius 1 is 0.938 bits per heavy atom. The van der Waals surface area contributed by atoms with Gasteiger partial charge in [-0.2, -0.15) is 5.10 Å². The summed E-state index contributed by atoms with van der Waals surface area (Å²) in [5.41, 5.74) is 5.09. The van der Waals surface area contributed by atoms with Crippen molar-refractivity contribution in [1.82, 2.24) is 19.3 Å². The number of hydrogen-bond donors (Lipinski definition) is 1. The number of carbonyl (C=O) groups is 1. The summed E-state index contributed by atoms with van der Waals surface area (Å²) in [6.45, 7) is 1.11. The van der Waals surface area contributed by atoms with Gasteiger partial charge in [0.05, 0.1) is 35.8 Å². The van der Waals surface area contributed by atoms with Gasteiger partial charge in [0.2, 0.25) is 0 Å². The van der Waals surface area contributed by atoms with Crippen LogP contribution in [-0.2, 0) is 13.1 Å². The summed E-state index contributed by atoms with van der Waals surface area (Å²) in [5.74, 6) is -0.478. The van der Waals surface area contributed by atoms with Crippen molar-refractivity contribution in [2.24, 2.45) is 0 Å². The summed E-state index contributed by atoms with van der Waals surface area (Å²) in [5, 5.41) is 7.16. The summed E-state index contributed by atoms with van der Waals surface area (Å²) in [7, 11) is 0. The Kier molecular flexibility index (Phi) is 5.21. The van der Waals surface area contributed by atoms with E-state index in [1.165, 1.54) is 12.1 Å². The van der Waals surface area contributed by atoms with E-state index < -0.39 is 0 Å². The van der Waals surface area contributed by atoms with Crippen LogP contribution >= 0.6 is 0 Å². The maximum atomic E-state index is 13.1. The molecule has 0 fully saturated rings. The van der Waals surface area contributed by atoms with E-state index in [1.54, 1.807) is 35.3 Å². The predicted molar refractivity (Wildman–Crippen MR) is 121 cm³/mol. The maximum Gasteiger partial charge on any atom is 0.255 e. The summed E-state index contributed by atoms with van der Waals surface area (Å²) >= 11 is 0. The lowest BCUT2D eigenvalue weighted by Crippen LogP contribution is -2.12. The first-order valence-electron chi connectivity index (χ1n) is 10.2. The van der Waals surface area contributed by atoms with Gasteiger partial charge in [-0.3, -0.25) is 9.48 Å². The van der Waals surface area contributed by atoms with Gasteiger partial charge in [0.1, 0.15) is 5.82 Å². The van der Waals surface area contributed by atoms with E-state index in [4.69, 9.17) is 0 Å². The fraction of sp³-hybridized carbons (Fsp3) is 0.0800. The second kappa shape index (κ2) is 8.47. The highest BCUT2D eigenvalue weighted by Gasteiger charge is 2.10. The first-order chi connectivity index (χ1) is 15.6. The van der Waals surface area contributed by atoms with Crippen LogP contribution in [0, 0.1) is 5.82 Å². The fourth-order valence-electron chi connectivity index (χ4n) is 3.64. The molecule has 0 radical (unpaired) electrons. The summed E-state index contributed by atoms with van der Waals surface area (Å²) < 4.78 is 16.8. The number of aromatic nitrogens is 4. The molecular weight excluding hydrogens is 405 g/mol. The predicted octanol–water partition coefficient (Wildman–Crippen LogP) is 4.72. The average Bonchev–Trinajstić information content (AvgIpc) is 3.42. The number of halogens is 1. The van der Waals surface area contributed by atoms with E-state index in [0.717, 1.165) is 22.2 Å². The molecule has 7 heteroatoms. The number of hydrogen-bond acceptors (Lipinski definition) is 3. The molecule has 1 N–H and O–H groups in total. The van der Waals surface area contributed by atoms with Crippen LogP contribution in [-0.4, -0.2) is 25.2 Å². The minimum absolute atomic E-state index is 0.205. The molecular formula is C25H20FN5O. The molecule has 32 heavy (non-hydrogen) atoms. The monoisotopic (exact) mass is 425 g/mol. The summed E-state index contributed by atoms with van der Waals surface area (Å²) in [6, 6.07) is 21.8. The number of anilines is 1. The Labute approximate surface area is 184 Å². The lowest BCUT2D eigenvalue weighted by atomic mass is 10.1. The van der Waals surface area contributed by atoms with Crippen LogP contribution in [0.3, 0.4) is 0 Å². The zero-order valence-electron chi connectivity index (χ0n) is 17.1. The van der Waals surface area contributed by atoms with Crippen molar-refractivity contribution in [2.75, 3.05) is 5.32 Å². The van der Waals surface area contributed by atoms with Crippen molar-refractivity contribution >= 4 is 22.6 Å². The van der Waals surface area contributed by atoms with Gasteiger partial charge in [-0.1, -0.05) is 36.4 Å². The van der Waals surface area contributed by atoms with Crippen LogP contribution in [0.2, 0.25) is 0 Å². The van der Waals surface area contributed by atoms with Crippen molar-refractivity contribution in [2.45, 2.75) is 13.1 Å². The van der Waals surface area contributed by atoms with Crippen LogP contribution in [0.5, 0.6) is 0 Å². The third-order valence-corrected chi connectivity index (χ3v) is 5.22. The SMILES string of the molecule is O=C(Nc1cnn(Cc2ccc(F)cc2)c1)c1cccc(Cn2cnc3ccccc32)c1. The lowest BCUT2D eigenvalue weighted by molar-refractivity contribution is 0.102. The topological polar surface area (TPSA) is 64.7 Å². The third-order valence-electron chi connectivity index (χ3n) is 5.22. The van der Waals surface area contributed by atoms with Crippen LogP contribution in [0.15, 0.2) is 91.5 Å². The van der Waals surface area contributed by atoms with Crippen molar-refractivity contribution in [1.29, 1.82) is 0 Å². The van der Waals surface area contributed by atoms with Crippen molar-refractivity contribution in [3.05, 3.63) is 114 Å². The molecule has 0 saturated carbocycles. The molecule has 0 aliphatic carbocycles. The molecule has 0 saturated heterocycles. The van der Waals surface area contributed by atoms with Crippen LogP contribution in [0.1, 0.15) is 21.5 Å². The minimum atomic E-state index is -0.273. The van der Waals surface area contributed by atoms with Gasteiger partial charge in [0, 0.05) is 18.3 Å². The third kappa shape index (κ3) is 4.27. The van der Waals surface area contributed by atoms with E-state index in [0.29, 0.717) is 24.3 Å². The normalized spacial score (nSPS) is 11.0. The molecule has 0 aliphatic heterocycles. The van der Waals surface area contributed by atoms with Crippen molar-refractivity contribution in [3.63, 3.8) is 0 Å². The van der Waals surface area contributed by atoms with E-state index in [-0.39, 0.29) is 11.7 Å². The number of imidazole rings is 1. The standard InChI is InChI=1S/C25H20FN5O/c26-21-10-8-18(9-11-21)15-31-16-22(13-28-31)29-25(32)20-5-3-4-19(12-20)14-30-17-27-23-6-1-2-7-24(23)30/h1-13,16-17H,14-15H2,(H,29,32). The number of nitrogens with one attached hydrogen (secondary N) is 1. The molecule has 2 aromatic heterocycles. The van der Waals surface area contributed by atoms with Crippen LogP contribution in [0.4, 0.5) is 10.1 Å². The molecule has 2 heterocycles. The number of para-hydroxylation sites is 2. The van der Waals surface area contributed by atoms with Crippen LogP contribution in [0.25, 0.3) is 11.0 Å². The Morgan fingerprint density at radius 3 is 2.66 bits per heavy atom. The number of amides is 1. The smallest absolute Gasteiger partial charge is 0.255 e. The van der Waals surface area contributed by atoms with E-state index in [1.807, 2.05) is 48.8 Å². The number of rotatable bonds is 6. The van der Waals surface area contributed by atoms with Gasteiger partial charge >= 0.3 is 0 Å². The first-order valence-corrected chi connectivity index (χ1v) is 10.2. The zero-order chi connectivity index (χ0) is 21.9. The molecule has 0 unspecified atom stereocenters. The molecule has 0 spiro atoms. The van der Waals surface area contributed by atoms with Crippen molar-refractivity contribution < 1.29 is 9.18 Å². The number of fused-ring (bicyclic) bond motifs is 1. The lowest BCUT2D eigenvalue weighted by Gasteiger charge is -2.07. The fourth-order valence-corrected chi connectivity index (χ4v) is 3.64. The maximum absolute atomic E-state index is 13.1. The largest absolute Gasteiger partial charge is 0.326 e. The number of carbonyl (C=O) groups excluding carboxylic acids is 1. The van der Waals surface area contributed by atoms with Crippen molar-refractivity contribution in [3.8, 4) is 0 Å². The molecule has 0 bridgehead atoms. The van der Waals surface area contributed by atoms with E-state index in [9.17, 15) is 9.18 Å². The second-order valence-corrected chi connectivity index (χ2v) is 7.57. The Balaban J connectivity index is 1.27. The van der Waals surface area contributed by atoms with Gasteiger partial charge in [0.15, 0.2) is 0 Å². The Hall–Kier alpha value is -4.26. The summed E-state index contributed by atoms with van der Waals surface area (Å²) in [6.07, 6.45) is 5.17. The molecule has 3 aromatic carbocycles. The quantitative estimate of drug-likeness (QED) is 0.428. The molecule has 1 amide bonds. The second-order valence-electron chi connectivity index (χ2n) is 7.57.